The Labute approximate surface area is 125 Å². The molecule has 1 heterocycles. The summed E-state index contributed by atoms with van der Waals surface area (Å²) >= 11 is 0. The minimum atomic E-state index is -0.591. The van der Waals surface area contributed by atoms with Gasteiger partial charge in [0.05, 0.1) is 5.41 Å². The van der Waals surface area contributed by atoms with Crippen LogP contribution in [0.15, 0.2) is 24.3 Å². The molecule has 114 valence electrons. The lowest BCUT2D eigenvalue weighted by atomic mass is 9.83. The third kappa shape index (κ3) is 3.17. The second kappa shape index (κ2) is 5.76. The number of piperazine rings is 1. The molecule has 1 aromatic carbocycles. The van der Waals surface area contributed by atoms with Gasteiger partial charge in [-0.05, 0) is 31.5 Å². The molecule has 0 aliphatic carbocycles. The van der Waals surface area contributed by atoms with Crippen LogP contribution in [0, 0.1) is 0 Å². The second-order valence-corrected chi connectivity index (χ2v) is 6.05. The van der Waals surface area contributed by atoms with Gasteiger partial charge in [-0.25, -0.2) is 0 Å². The Morgan fingerprint density at radius 1 is 1.00 bits per heavy atom. The zero-order valence-corrected chi connectivity index (χ0v) is 12.9. The van der Waals surface area contributed by atoms with Crippen molar-refractivity contribution in [3.8, 4) is 0 Å². The van der Waals surface area contributed by atoms with Crippen molar-refractivity contribution in [3.05, 3.63) is 29.8 Å². The average molecular weight is 289 g/mol. The fourth-order valence-electron chi connectivity index (χ4n) is 2.64. The van der Waals surface area contributed by atoms with Crippen LogP contribution in [-0.2, 0) is 15.0 Å². The number of carbonyl (C=O) groups excluding carboxylic acids is 2. The van der Waals surface area contributed by atoms with Gasteiger partial charge in [0.25, 0.3) is 0 Å². The van der Waals surface area contributed by atoms with E-state index in [-0.39, 0.29) is 11.8 Å². The van der Waals surface area contributed by atoms with Crippen LogP contribution in [0.1, 0.15) is 26.3 Å². The lowest BCUT2D eigenvalue weighted by Crippen LogP contribution is -2.54. The lowest BCUT2D eigenvalue weighted by Gasteiger charge is -2.38. The molecule has 0 aromatic heterocycles. The van der Waals surface area contributed by atoms with Crippen LogP contribution in [-0.4, -0.2) is 47.8 Å². The first-order chi connectivity index (χ1) is 9.82. The van der Waals surface area contributed by atoms with Crippen LogP contribution in [0.3, 0.4) is 0 Å². The summed E-state index contributed by atoms with van der Waals surface area (Å²) in [6, 6.07) is 7.44. The van der Waals surface area contributed by atoms with Gasteiger partial charge in [-0.15, -0.1) is 0 Å². The maximum absolute atomic E-state index is 12.8. The molecule has 0 atom stereocenters. The molecule has 5 heteroatoms. The monoisotopic (exact) mass is 289 g/mol. The Hall–Kier alpha value is -2.04. The largest absolute Gasteiger partial charge is 0.399 e. The van der Waals surface area contributed by atoms with Crippen molar-refractivity contribution >= 4 is 17.5 Å². The first-order valence-electron chi connectivity index (χ1n) is 7.23. The number of nitrogens with zero attached hydrogens (tertiary/aromatic N) is 2. The van der Waals surface area contributed by atoms with Gasteiger partial charge >= 0.3 is 0 Å². The predicted octanol–water partition coefficient (Wildman–Crippen LogP) is 1.24. The summed E-state index contributed by atoms with van der Waals surface area (Å²) in [5.41, 5.74) is 6.75. The number of nitrogen functional groups attached to an aromatic ring is 1. The average Bonchev–Trinajstić information content (AvgIpc) is 2.47. The molecular weight excluding hydrogens is 266 g/mol. The van der Waals surface area contributed by atoms with Crippen LogP contribution < -0.4 is 5.73 Å². The number of hydrogen-bond acceptors (Lipinski definition) is 3. The van der Waals surface area contributed by atoms with E-state index in [9.17, 15) is 9.59 Å². The summed E-state index contributed by atoms with van der Waals surface area (Å²) in [4.78, 5) is 27.7. The minimum Gasteiger partial charge on any atom is -0.399 e. The maximum atomic E-state index is 12.8. The van der Waals surface area contributed by atoms with Crippen molar-refractivity contribution in [2.75, 3.05) is 31.9 Å². The molecule has 1 aliphatic heterocycles. The van der Waals surface area contributed by atoms with Crippen molar-refractivity contribution in [2.45, 2.75) is 26.2 Å². The number of amides is 2. The van der Waals surface area contributed by atoms with Crippen LogP contribution >= 0.6 is 0 Å². The molecular formula is C16H23N3O2. The van der Waals surface area contributed by atoms with Crippen LogP contribution in [0.4, 0.5) is 5.69 Å². The molecule has 0 saturated carbocycles. The molecule has 0 unspecified atom stereocenters. The summed E-state index contributed by atoms with van der Waals surface area (Å²) in [6.45, 7) is 7.83. The summed E-state index contributed by atoms with van der Waals surface area (Å²) in [7, 11) is 0. The fourth-order valence-corrected chi connectivity index (χ4v) is 2.64. The smallest absolute Gasteiger partial charge is 0.232 e. The third-order valence-corrected chi connectivity index (χ3v) is 4.18. The van der Waals surface area contributed by atoms with E-state index in [0.717, 1.165) is 5.56 Å². The van der Waals surface area contributed by atoms with Crippen LogP contribution in [0.25, 0.3) is 0 Å². The second-order valence-electron chi connectivity index (χ2n) is 6.05. The molecule has 0 spiro atoms. The predicted molar refractivity (Wildman–Crippen MR) is 82.7 cm³/mol. The highest BCUT2D eigenvalue weighted by molar-refractivity contribution is 5.87. The van der Waals surface area contributed by atoms with Gasteiger partial charge < -0.3 is 15.5 Å². The molecule has 2 rings (SSSR count). The topological polar surface area (TPSA) is 66.6 Å². The van der Waals surface area contributed by atoms with E-state index < -0.39 is 5.41 Å². The van der Waals surface area contributed by atoms with Crippen molar-refractivity contribution in [3.63, 3.8) is 0 Å². The van der Waals surface area contributed by atoms with Gasteiger partial charge in [0.2, 0.25) is 11.8 Å². The minimum absolute atomic E-state index is 0.0693. The number of anilines is 1. The summed E-state index contributed by atoms with van der Waals surface area (Å²) < 4.78 is 0. The van der Waals surface area contributed by atoms with E-state index in [1.54, 1.807) is 11.8 Å². The van der Waals surface area contributed by atoms with Gasteiger partial charge in [0, 0.05) is 38.8 Å². The number of benzene rings is 1. The van der Waals surface area contributed by atoms with Crippen molar-refractivity contribution in [1.82, 2.24) is 9.80 Å². The zero-order chi connectivity index (χ0) is 15.6. The number of nitrogens with two attached hydrogens (primary N) is 1. The Kier molecular flexibility index (Phi) is 4.21. The Bertz CT molecular complexity index is 529. The highest BCUT2D eigenvalue weighted by Crippen LogP contribution is 2.27. The highest BCUT2D eigenvalue weighted by Gasteiger charge is 2.35. The van der Waals surface area contributed by atoms with Gasteiger partial charge in [0.15, 0.2) is 0 Å². The Morgan fingerprint density at radius 2 is 1.48 bits per heavy atom. The normalized spacial score (nSPS) is 16.0. The first-order valence-corrected chi connectivity index (χ1v) is 7.23. The van der Waals surface area contributed by atoms with Crippen LogP contribution in [0.5, 0.6) is 0 Å². The van der Waals surface area contributed by atoms with E-state index in [1.165, 1.54) is 0 Å². The molecule has 2 amide bonds. The van der Waals surface area contributed by atoms with E-state index in [4.69, 9.17) is 5.73 Å². The molecule has 1 aliphatic rings. The highest BCUT2D eigenvalue weighted by atomic mass is 16.2. The van der Waals surface area contributed by atoms with E-state index in [2.05, 4.69) is 0 Å². The quantitative estimate of drug-likeness (QED) is 0.833. The molecule has 1 aromatic rings. The molecule has 1 saturated heterocycles. The lowest BCUT2D eigenvalue weighted by molar-refractivity contribution is -0.141. The third-order valence-electron chi connectivity index (χ3n) is 4.18. The van der Waals surface area contributed by atoms with Gasteiger partial charge in [-0.3, -0.25) is 9.59 Å². The molecule has 21 heavy (non-hydrogen) atoms. The number of hydrogen-bond donors (Lipinski definition) is 1. The van der Waals surface area contributed by atoms with E-state index >= 15 is 0 Å². The van der Waals surface area contributed by atoms with Crippen molar-refractivity contribution in [1.29, 1.82) is 0 Å². The summed E-state index contributed by atoms with van der Waals surface area (Å²) in [5, 5.41) is 0. The SMILES string of the molecule is CC(=O)N1CCN(C(=O)C(C)(C)c2ccc(N)cc2)CC1. The van der Waals surface area contributed by atoms with Crippen molar-refractivity contribution in [2.24, 2.45) is 0 Å². The first kappa shape index (κ1) is 15.4. The van der Waals surface area contributed by atoms with Gasteiger partial charge in [-0.1, -0.05) is 12.1 Å². The fraction of sp³-hybridized carbons (Fsp3) is 0.500. The van der Waals surface area contributed by atoms with E-state index in [0.29, 0.717) is 31.9 Å². The molecule has 5 nitrogen and oxygen atoms in total. The molecule has 0 radical (unpaired) electrons. The maximum Gasteiger partial charge on any atom is 0.232 e. The standard InChI is InChI=1S/C16H23N3O2/c1-12(20)18-8-10-19(11-9-18)15(21)16(2,3)13-4-6-14(17)7-5-13/h4-7H,8-11,17H2,1-3H3. The Morgan fingerprint density at radius 3 is 1.95 bits per heavy atom. The zero-order valence-electron chi connectivity index (χ0n) is 12.9. The molecule has 1 fully saturated rings. The van der Waals surface area contributed by atoms with Gasteiger partial charge in [0.1, 0.15) is 0 Å². The number of carbonyl (C=O) groups is 2. The van der Waals surface area contributed by atoms with E-state index in [1.807, 2.05) is 43.0 Å². The van der Waals surface area contributed by atoms with Gasteiger partial charge in [-0.2, -0.15) is 0 Å². The Balaban J connectivity index is 2.09. The molecule has 0 bridgehead atoms. The summed E-state index contributed by atoms with van der Waals surface area (Å²) in [5.74, 6) is 0.162. The number of rotatable bonds is 2. The van der Waals surface area contributed by atoms with Crippen molar-refractivity contribution < 1.29 is 9.59 Å². The van der Waals surface area contributed by atoms with Crippen LogP contribution in [0.2, 0.25) is 0 Å². The summed E-state index contributed by atoms with van der Waals surface area (Å²) in [6.07, 6.45) is 0. The molecule has 2 N–H and O–H groups in total.